The number of halogens is 17. The number of rotatable bonds is 1. The third kappa shape index (κ3) is 1.57. The predicted molar refractivity (Wildman–Crippen MR) is 53.8 cm³/mol. The maximum Gasteiger partial charge on any atom is 0.382 e. The van der Waals surface area contributed by atoms with E-state index in [4.69, 9.17) is 5.11 Å². The first-order chi connectivity index (χ1) is 12.7. The summed E-state index contributed by atoms with van der Waals surface area (Å²) in [5.41, 5.74) is -25.2. The zero-order chi connectivity index (χ0) is 24.6. The standard InChI is InChI=1S/C11HF17O2/c12-2(1(29)30)5(15,16)3(13)4(14,7(19,20)6(2,17)18)9(23,24)11(27,28)10(25,26)8(3,21)22/h(H,29,30). The summed E-state index contributed by atoms with van der Waals surface area (Å²) in [7, 11) is 0. The summed E-state index contributed by atoms with van der Waals surface area (Å²) in [6, 6.07) is 0. The van der Waals surface area contributed by atoms with E-state index < -0.39 is 64.4 Å². The Morgan fingerprint density at radius 2 is 0.633 bits per heavy atom. The summed E-state index contributed by atoms with van der Waals surface area (Å²) in [6.07, 6.45) is 0. The highest BCUT2D eigenvalue weighted by Crippen LogP contribution is 2.80. The van der Waals surface area contributed by atoms with E-state index in [0.29, 0.717) is 0 Å². The lowest BCUT2D eigenvalue weighted by Crippen LogP contribution is -2.99. The van der Waals surface area contributed by atoms with Crippen molar-refractivity contribution in [1.29, 1.82) is 0 Å². The van der Waals surface area contributed by atoms with Crippen molar-refractivity contribution in [1.82, 2.24) is 0 Å². The van der Waals surface area contributed by atoms with Gasteiger partial charge in [-0.2, -0.15) is 61.5 Å². The van der Waals surface area contributed by atoms with Crippen LogP contribution in [0.25, 0.3) is 0 Å². The van der Waals surface area contributed by atoms with Gasteiger partial charge >= 0.3 is 53.1 Å². The van der Waals surface area contributed by atoms with E-state index in [1.165, 1.54) is 0 Å². The number of alkyl halides is 17. The Morgan fingerprint density at radius 3 is 0.900 bits per heavy atom. The van der Waals surface area contributed by atoms with Crippen molar-refractivity contribution in [3.05, 3.63) is 0 Å². The van der Waals surface area contributed by atoms with Crippen molar-refractivity contribution < 1.29 is 84.5 Å². The van der Waals surface area contributed by atoms with Gasteiger partial charge in [-0.25, -0.2) is 18.0 Å². The van der Waals surface area contributed by atoms with Crippen molar-refractivity contribution in [2.24, 2.45) is 0 Å². The second kappa shape index (κ2) is 5.02. The molecule has 30 heavy (non-hydrogen) atoms. The number of hydrogen-bond acceptors (Lipinski definition) is 1. The molecule has 3 atom stereocenters. The van der Waals surface area contributed by atoms with E-state index >= 15 is 0 Å². The molecule has 19 heteroatoms. The average Bonchev–Trinajstić information content (AvgIpc) is 2.55. The quantitative estimate of drug-likeness (QED) is 0.546. The molecule has 2 fully saturated rings. The number of hydrogen-bond donors (Lipinski definition) is 1. The summed E-state index contributed by atoms with van der Waals surface area (Å²) >= 11 is 0. The zero-order valence-electron chi connectivity index (χ0n) is 12.8. The van der Waals surface area contributed by atoms with Crippen molar-refractivity contribution >= 4 is 5.97 Å². The lowest BCUT2D eigenvalue weighted by molar-refractivity contribution is -0.546. The summed E-state index contributed by atoms with van der Waals surface area (Å²) in [5, 5.41) is 8.10. The van der Waals surface area contributed by atoms with Gasteiger partial charge in [0.15, 0.2) is 0 Å². The van der Waals surface area contributed by atoms with Crippen molar-refractivity contribution in [3.63, 3.8) is 0 Å². The fourth-order valence-electron chi connectivity index (χ4n) is 3.22. The molecular weight excluding hydrogens is 487 g/mol. The minimum atomic E-state index is -8.68. The number of fused-ring (bicyclic) bond motifs is 1. The monoisotopic (exact) mass is 488 g/mol. The number of carboxylic acids is 1. The lowest BCUT2D eigenvalue weighted by atomic mass is 9.52. The van der Waals surface area contributed by atoms with Crippen LogP contribution in [-0.4, -0.2) is 69.5 Å². The lowest BCUT2D eigenvalue weighted by Gasteiger charge is -2.63. The molecule has 2 aliphatic carbocycles. The summed E-state index contributed by atoms with van der Waals surface area (Å²) in [5.74, 6) is -63.4. The van der Waals surface area contributed by atoms with E-state index in [0.717, 1.165) is 0 Å². The van der Waals surface area contributed by atoms with Gasteiger partial charge in [-0.05, 0) is 0 Å². The third-order valence-corrected chi connectivity index (χ3v) is 4.94. The maximum atomic E-state index is 14.5. The molecule has 0 spiro atoms. The first-order valence-electron chi connectivity index (χ1n) is 6.64. The maximum absolute atomic E-state index is 14.5. The summed E-state index contributed by atoms with van der Waals surface area (Å²) < 4.78 is 233. The van der Waals surface area contributed by atoms with Gasteiger partial charge in [0, 0.05) is 0 Å². The average molecular weight is 488 g/mol. The van der Waals surface area contributed by atoms with Gasteiger partial charge in [0.25, 0.3) is 11.3 Å². The number of carbonyl (C=O) groups is 1. The van der Waals surface area contributed by atoms with Crippen LogP contribution in [-0.2, 0) is 4.79 Å². The van der Waals surface area contributed by atoms with Crippen LogP contribution in [0.5, 0.6) is 0 Å². The Bertz CT molecular complexity index is 804. The first kappa shape index (κ1) is 24.5. The largest absolute Gasteiger partial charge is 0.479 e. The second-order valence-electron chi connectivity index (χ2n) is 6.30. The normalized spacial score (nSPS) is 44.0. The highest BCUT2D eigenvalue weighted by atomic mass is 19.4. The molecule has 1 N–H and O–H groups in total. The Balaban J connectivity index is 3.29. The van der Waals surface area contributed by atoms with Gasteiger partial charge in [0.2, 0.25) is 0 Å². The van der Waals surface area contributed by atoms with Crippen LogP contribution in [0.1, 0.15) is 0 Å². The third-order valence-electron chi connectivity index (χ3n) is 4.94. The van der Waals surface area contributed by atoms with E-state index in [9.17, 15) is 79.4 Å². The van der Waals surface area contributed by atoms with Gasteiger partial charge < -0.3 is 5.11 Å². The van der Waals surface area contributed by atoms with Crippen LogP contribution in [0, 0.1) is 0 Å². The molecule has 2 nitrogen and oxygen atoms in total. The minimum Gasteiger partial charge on any atom is -0.479 e. The molecule has 2 rings (SSSR count). The Morgan fingerprint density at radius 1 is 0.400 bits per heavy atom. The molecular formula is C11HF17O2. The van der Waals surface area contributed by atoms with Crippen molar-refractivity contribution in [3.8, 4) is 0 Å². The van der Waals surface area contributed by atoms with Gasteiger partial charge in [0.1, 0.15) is 0 Å². The molecule has 2 aliphatic rings. The smallest absolute Gasteiger partial charge is 0.382 e. The Hall–Kier alpha value is -1.72. The summed E-state index contributed by atoms with van der Waals surface area (Å²) in [6.45, 7) is 0. The van der Waals surface area contributed by atoms with Gasteiger partial charge in [0.05, 0.1) is 0 Å². The fraction of sp³-hybridized carbons (Fsp3) is 0.909. The molecule has 0 aliphatic heterocycles. The molecule has 0 aromatic carbocycles. The Kier molecular flexibility index (Phi) is 4.11. The summed E-state index contributed by atoms with van der Waals surface area (Å²) in [4.78, 5) is 10.5. The molecule has 0 radical (unpaired) electrons. The molecule has 0 amide bonds. The van der Waals surface area contributed by atoms with E-state index in [1.54, 1.807) is 0 Å². The van der Waals surface area contributed by atoms with Gasteiger partial charge in [-0.15, -0.1) is 0 Å². The highest BCUT2D eigenvalue weighted by molar-refractivity contribution is 5.82. The van der Waals surface area contributed by atoms with Crippen LogP contribution in [0.15, 0.2) is 0 Å². The second-order valence-corrected chi connectivity index (χ2v) is 6.30. The van der Waals surface area contributed by atoms with Crippen LogP contribution < -0.4 is 0 Å². The Labute approximate surface area is 150 Å². The van der Waals surface area contributed by atoms with Crippen LogP contribution in [0.4, 0.5) is 74.6 Å². The number of aliphatic carboxylic acids is 1. The molecule has 3 unspecified atom stereocenters. The van der Waals surface area contributed by atoms with Crippen LogP contribution >= 0.6 is 0 Å². The van der Waals surface area contributed by atoms with Crippen molar-refractivity contribution in [2.45, 2.75) is 58.5 Å². The molecule has 176 valence electrons. The van der Waals surface area contributed by atoms with E-state index in [2.05, 4.69) is 0 Å². The molecule has 0 bridgehead atoms. The molecule has 2 saturated carbocycles. The highest BCUT2D eigenvalue weighted by Gasteiger charge is 3.15. The minimum absolute atomic E-state index is 4.73. The molecule has 0 heterocycles. The van der Waals surface area contributed by atoms with E-state index in [-0.39, 0.29) is 0 Å². The predicted octanol–water partition coefficient (Wildman–Crippen LogP) is 4.67. The van der Waals surface area contributed by atoms with E-state index in [1.807, 2.05) is 0 Å². The SMILES string of the molecule is O=C(O)C1(F)C(F)(F)C(F)(F)C2(F)C(F)(F)C(F)(F)C(F)(F)C(F)(F)C2(F)C1(F)F. The van der Waals surface area contributed by atoms with Gasteiger partial charge in [-0.1, -0.05) is 0 Å². The number of carboxylic acid groups (broad SMARTS) is 1. The van der Waals surface area contributed by atoms with Crippen LogP contribution in [0.3, 0.4) is 0 Å². The fourth-order valence-corrected chi connectivity index (χ4v) is 3.22. The molecule has 0 aromatic heterocycles. The topological polar surface area (TPSA) is 37.3 Å². The molecule has 0 aromatic rings. The first-order valence-corrected chi connectivity index (χ1v) is 6.64. The van der Waals surface area contributed by atoms with Gasteiger partial charge in [-0.3, -0.25) is 0 Å². The molecule has 0 saturated heterocycles. The van der Waals surface area contributed by atoms with Crippen molar-refractivity contribution in [2.75, 3.05) is 0 Å². The van der Waals surface area contributed by atoms with Crippen LogP contribution in [0.2, 0.25) is 0 Å². The zero-order valence-corrected chi connectivity index (χ0v) is 12.8.